The standard InChI is InChI=1S/C7H6N2O3.K/c10-6(7(11)12)9-5-3-1-2-4-8-5;/h1-4H,(H,11,12)(H,8,9,10);/q;+1/p-1. The molecule has 0 aliphatic heterocycles. The van der Waals surface area contributed by atoms with E-state index < -0.39 is 11.9 Å². The molecule has 13 heavy (non-hydrogen) atoms. The van der Waals surface area contributed by atoms with Crippen LogP contribution in [0.2, 0.25) is 0 Å². The summed E-state index contributed by atoms with van der Waals surface area (Å²) in [5, 5.41) is 12.0. The van der Waals surface area contributed by atoms with Gasteiger partial charge in [0.05, 0.1) is 0 Å². The van der Waals surface area contributed by atoms with Crippen molar-refractivity contribution in [2.75, 3.05) is 5.32 Å². The van der Waals surface area contributed by atoms with Crippen molar-refractivity contribution in [3.8, 4) is 0 Å². The number of hydrogen-bond acceptors (Lipinski definition) is 4. The third-order valence-corrected chi connectivity index (χ3v) is 1.09. The predicted molar refractivity (Wildman–Crippen MR) is 37.9 cm³/mol. The molecule has 0 aliphatic rings. The molecule has 0 aromatic carbocycles. The molecule has 0 unspecified atom stereocenters. The molecule has 1 aromatic rings. The fourth-order valence-corrected chi connectivity index (χ4v) is 0.604. The van der Waals surface area contributed by atoms with Crippen LogP contribution in [0, 0.1) is 0 Å². The Morgan fingerprint density at radius 3 is 2.54 bits per heavy atom. The van der Waals surface area contributed by atoms with Crippen molar-refractivity contribution in [2.45, 2.75) is 0 Å². The summed E-state index contributed by atoms with van der Waals surface area (Å²) in [6.45, 7) is 0. The summed E-state index contributed by atoms with van der Waals surface area (Å²) < 4.78 is 0. The topological polar surface area (TPSA) is 82.1 Å². The molecule has 1 heterocycles. The van der Waals surface area contributed by atoms with Crippen LogP contribution in [0.3, 0.4) is 0 Å². The zero-order valence-electron chi connectivity index (χ0n) is 6.98. The minimum atomic E-state index is -1.78. The second kappa shape index (κ2) is 6.22. The van der Waals surface area contributed by atoms with Crippen LogP contribution in [-0.2, 0) is 9.59 Å². The number of pyridine rings is 1. The Balaban J connectivity index is 0.00000144. The number of aromatic nitrogens is 1. The second-order valence-electron chi connectivity index (χ2n) is 1.96. The van der Waals surface area contributed by atoms with Gasteiger partial charge >= 0.3 is 51.4 Å². The van der Waals surface area contributed by atoms with E-state index in [1.165, 1.54) is 12.3 Å². The maximum Gasteiger partial charge on any atom is 1.00 e. The van der Waals surface area contributed by atoms with Gasteiger partial charge in [0, 0.05) is 6.20 Å². The third-order valence-electron chi connectivity index (χ3n) is 1.09. The van der Waals surface area contributed by atoms with Crippen LogP contribution in [-0.4, -0.2) is 16.9 Å². The largest absolute Gasteiger partial charge is 1.00 e. The van der Waals surface area contributed by atoms with Gasteiger partial charge in [0.2, 0.25) is 0 Å². The number of carboxylic acids is 1. The van der Waals surface area contributed by atoms with Gasteiger partial charge in [-0.2, -0.15) is 0 Å². The number of nitrogens with zero attached hydrogens (tertiary/aromatic N) is 1. The first-order valence-electron chi connectivity index (χ1n) is 3.13. The van der Waals surface area contributed by atoms with Gasteiger partial charge in [-0.05, 0) is 12.1 Å². The van der Waals surface area contributed by atoms with Crippen LogP contribution in [0.15, 0.2) is 24.4 Å². The molecule has 0 fully saturated rings. The van der Waals surface area contributed by atoms with Crippen LogP contribution >= 0.6 is 0 Å². The van der Waals surface area contributed by atoms with Crippen molar-refractivity contribution in [1.29, 1.82) is 0 Å². The molecule has 1 N–H and O–H groups in total. The van der Waals surface area contributed by atoms with Crippen molar-refractivity contribution in [2.24, 2.45) is 0 Å². The number of amides is 1. The van der Waals surface area contributed by atoms with Crippen molar-refractivity contribution >= 4 is 17.7 Å². The number of carbonyl (C=O) groups excluding carboxylic acids is 2. The van der Waals surface area contributed by atoms with E-state index in [0.29, 0.717) is 0 Å². The maximum absolute atomic E-state index is 10.5. The summed E-state index contributed by atoms with van der Waals surface area (Å²) in [7, 11) is 0. The van der Waals surface area contributed by atoms with Crippen molar-refractivity contribution in [1.82, 2.24) is 4.98 Å². The SMILES string of the molecule is O=C([O-])C(=O)Nc1ccccn1.[K+]. The van der Waals surface area contributed by atoms with Gasteiger partial charge in [-0.1, -0.05) is 6.07 Å². The second-order valence-corrected chi connectivity index (χ2v) is 1.96. The number of aliphatic carboxylic acids is 1. The average molecular weight is 204 g/mol. The molecule has 62 valence electrons. The third kappa shape index (κ3) is 4.49. The van der Waals surface area contributed by atoms with Crippen LogP contribution in [0.4, 0.5) is 5.82 Å². The molecule has 0 saturated heterocycles. The number of rotatable bonds is 1. The quantitative estimate of drug-likeness (QED) is 0.371. The van der Waals surface area contributed by atoms with E-state index >= 15 is 0 Å². The van der Waals surface area contributed by atoms with E-state index in [0.717, 1.165) is 0 Å². The Morgan fingerprint density at radius 1 is 1.38 bits per heavy atom. The summed E-state index contributed by atoms with van der Waals surface area (Å²) >= 11 is 0. The van der Waals surface area contributed by atoms with Crippen molar-refractivity contribution < 1.29 is 66.1 Å². The van der Waals surface area contributed by atoms with Gasteiger partial charge in [0.1, 0.15) is 11.8 Å². The van der Waals surface area contributed by atoms with Gasteiger partial charge in [0.15, 0.2) is 0 Å². The van der Waals surface area contributed by atoms with E-state index in [1.807, 2.05) is 5.32 Å². The number of hydrogen-bond donors (Lipinski definition) is 1. The Kier molecular flexibility index (Phi) is 6.09. The number of anilines is 1. The summed E-state index contributed by atoms with van der Waals surface area (Å²) in [5.41, 5.74) is 0. The molecular formula is C7H5KN2O3. The summed E-state index contributed by atoms with van der Waals surface area (Å²) in [6, 6.07) is 4.74. The predicted octanol–water partition coefficient (Wildman–Crippen LogP) is -4.23. The molecule has 6 heteroatoms. The van der Waals surface area contributed by atoms with Crippen molar-refractivity contribution in [3.63, 3.8) is 0 Å². The van der Waals surface area contributed by atoms with E-state index in [2.05, 4.69) is 4.98 Å². The smallest absolute Gasteiger partial charge is 0.540 e. The normalized spacial score (nSPS) is 8.31. The first kappa shape index (κ1) is 12.7. The first-order chi connectivity index (χ1) is 5.70. The fraction of sp³-hybridized carbons (Fsp3) is 0. The van der Waals surface area contributed by atoms with E-state index in [4.69, 9.17) is 0 Å². The zero-order valence-corrected chi connectivity index (χ0v) is 10.1. The van der Waals surface area contributed by atoms with Gasteiger partial charge in [-0.15, -0.1) is 0 Å². The van der Waals surface area contributed by atoms with E-state index in [1.54, 1.807) is 12.1 Å². The summed E-state index contributed by atoms with van der Waals surface area (Å²) in [5.74, 6) is -2.79. The minimum absolute atomic E-state index is 0. The fourth-order valence-electron chi connectivity index (χ4n) is 0.604. The van der Waals surface area contributed by atoms with Gasteiger partial charge in [-0.3, -0.25) is 4.79 Å². The molecule has 0 radical (unpaired) electrons. The minimum Gasteiger partial charge on any atom is -0.540 e. The molecule has 0 aliphatic carbocycles. The first-order valence-corrected chi connectivity index (χ1v) is 3.13. The average Bonchev–Trinajstić information content (AvgIpc) is 2.06. The number of nitrogens with one attached hydrogen (secondary N) is 1. The van der Waals surface area contributed by atoms with Gasteiger partial charge in [-0.25, -0.2) is 4.98 Å². The Bertz CT molecular complexity index is 302. The zero-order chi connectivity index (χ0) is 8.97. The van der Waals surface area contributed by atoms with E-state index in [-0.39, 0.29) is 57.2 Å². The number of carbonyl (C=O) groups is 2. The Morgan fingerprint density at radius 2 is 2.08 bits per heavy atom. The molecule has 1 amide bonds. The summed E-state index contributed by atoms with van der Waals surface area (Å²) in [4.78, 5) is 24.1. The maximum atomic E-state index is 10.5. The van der Waals surface area contributed by atoms with Crippen LogP contribution in [0.25, 0.3) is 0 Å². The van der Waals surface area contributed by atoms with Gasteiger partial charge < -0.3 is 15.2 Å². The molecular weight excluding hydrogens is 199 g/mol. The van der Waals surface area contributed by atoms with E-state index in [9.17, 15) is 14.7 Å². The molecule has 1 aromatic heterocycles. The molecule has 1 rings (SSSR count). The van der Waals surface area contributed by atoms with Crippen molar-refractivity contribution in [3.05, 3.63) is 24.4 Å². The Hall–Kier alpha value is -0.274. The molecule has 0 bridgehead atoms. The molecule has 0 atom stereocenters. The Labute approximate surface area is 117 Å². The van der Waals surface area contributed by atoms with Crippen LogP contribution in [0.1, 0.15) is 0 Å². The molecule has 0 saturated carbocycles. The summed E-state index contributed by atoms with van der Waals surface area (Å²) in [6.07, 6.45) is 1.44. The van der Waals surface area contributed by atoms with Crippen LogP contribution in [0.5, 0.6) is 0 Å². The monoisotopic (exact) mass is 204 g/mol. The molecule has 5 nitrogen and oxygen atoms in total. The van der Waals surface area contributed by atoms with Crippen LogP contribution < -0.4 is 61.8 Å². The number of carboxylic acid groups (broad SMARTS) is 1. The molecule has 0 spiro atoms. The van der Waals surface area contributed by atoms with Gasteiger partial charge in [0.25, 0.3) is 5.91 Å².